The number of hydrogen-bond acceptors (Lipinski definition) is 3. The van der Waals surface area contributed by atoms with Crippen molar-refractivity contribution in [1.29, 1.82) is 0 Å². The van der Waals surface area contributed by atoms with E-state index in [1.807, 2.05) is 38.1 Å². The Morgan fingerprint density at radius 3 is 2.39 bits per heavy atom. The van der Waals surface area contributed by atoms with Crippen LogP contribution in [0.3, 0.4) is 0 Å². The van der Waals surface area contributed by atoms with Gasteiger partial charge in [-0.2, -0.15) is 0 Å². The van der Waals surface area contributed by atoms with Gasteiger partial charge in [0.15, 0.2) is 0 Å². The molecular formula is C15H24O3. The Labute approximate surface area is 110 Å². The molecule has 1 aromatic carbocycles. The van der Waals surface area contributed by atoms with Crippen molar-refractivity contribution in [3.05, 3.63) is 29.8 Å². The molecule has 1 N–H and O–H groups in total. The molecule has 1 aromatic rings. The molecule has 0 aliphatic heterocycles. The van der Waals surface area contributed by atoms with E-state index < -0.39 is 6.10 Å². The van der Waals surface area contributed by atoms with Crippen LogP contribution >= 0.6 is 0 Å². The van der Waals surface area contributed by atoms with Crippen LogP contribution in [0.5, 0.6) is 5.75 Å². The van der Waals surface area contributed by atoms with Gasteiger partial charge in [-0.3, -0.25) is 0 Å². The highest BCUT2D eigenvalue weighted by Gasteiger charge is 2.08. The third-order valence-electron chi connectivity index (χ3n) is 2.55. The Morgan fingerprint density at radius 1 is 1.17 bits per heavy atom. The fourth-order valence-electron chi connectivity index (χ4n) is 1.58. The van der Waals surface area contributed by atoms with E-state index in [9.17, 15) is 5.11 Å². The van der Waals surface area contributed by atoms with Gasteiger partial charge in [0.2, 0.25) is 0 Å². The van der Waals surface area contributed by atoms with E-state index in [1.165, 1.54) is 0 Å². The summed E-state index contributed by atoms with van der Waals surface area (Å²) in [6, 6.07) is 7.52. The van der Waals surface area contributed by atoms with Crippen molar-refractivity contribution in [2.24, 2.45) is 0 Å². The van der Waals surface area contributed by atoms with Gasteiger partial charge in [0.05, 0.1) is 12.7 Å². The number of aliphatic hydroxyl groups excluding tert-OH is 1. The third kappa shape index (κ3) is 5.52. The lowest BCUT2D eigenvalue weighted by molar-refractivity contribution is 0.0349. The van der Waals surface area contributed by atoms with Crippen LogP contribution in [0.2, 0.25) is 0 Å². The van der Waals surface area contributed by atoms with Crippen LogP contribution in [-0.2, 0) is 4.74 Å². The van der Waals surface area contributed by atoms with Gasteiger partial charge in [0.25, 0.3) is 0 Å². The van der Waals surface area contributed by atoms with Crippen LogP contribution in [0.4, 0.5) is 0 Å². The summed E-state index contributed by atoms with van der Waals surface area (Å²) in [5, 5.41) is 9.93. The summed E-state index contributed by atoms with van der Waals surface area (Å²) in [6.45, 7) is 7.16. The third-order valence-corrected chi connectivity index (χ3v) is 2.55. The van der Waals surface area contributed by atoms with E-state index in [0.29, 0.717) is 13.2 Å². The lowest BCUT2D eigenvalue weighted by Gasteiger charge is -2.13. The minimum absolute atomic E-state index is 0.165. The van der Waals surface area contributed by atoms with Gasteiger partial charge in [-0.15, -0.1) is 0 Å². The zero-order valence-electron chi connectivity index (χ0n) is 11.6. The van der Waals surface area contributed by atoms with Crippen molar-refractivity contribution >= 4 is 0 Å². The topological polar surface area (TPSA) is 38.7 Å². The Hall–Kier alpha value is -1.06. The number of benzene rings is 1. The molecule has 1 rings (SSSR count). The average Bonchev–Trinajstić information content (AvgIpc) is 2.34. The molecular weight excluding hydrogens is 228 g/mol. The van der Waals surface area contributed by atoms with Gasteiger partial charge in [-0.05, 0) is 38.0 Å². The molecule has 0 aliphatic rings. The maximum absolute atomic E-state index is 9.93. The number of ether oxygens (including phenoxy) is 2. The molecule has 3 nitrogen and oxygen atoms in total. The maximum atomic E-state index is 9.93. The van der Waals surface area contributed by atoms with Crippen molar-refractivity contribution in [3.63, 3.8) is 0 Å². The Kier molecular flexibility index (Phi) is 6.76. The number of aliphatic hydroxyl groups is 1. The summed E-state index contributed by atoms with van der Waals surface area (Å²) in [7, 11) is 0. The number of rotatable bonds is 8. The number of hydrogen-bond donors (Lipinski definition) is 1. The highest BCUT2D eigenvalue weighted by Crippen LogP contribution is 2.19. The molecule has 0 amide bonds. The van der Waals surface area contributed by atoms with Gasteiger partial charge in [-0.1, -0.05) is 25.5 Å². The van der Waals surface area contributed by atoms with Gasteiger partial charge in [-0.25, -0.2) is 0 Å². The summed E-state index contributed by atoms with van der Waals surface area (Å²) in [6.07, 6.45) is 1.75. The zero-order valence-corrected chi connectivity index (χ0v) is 11.6. The van der Waals surface area contributed by atoms with E-state index in [2.05, 4.69) is 6.92 Å². The molecule has 18 heavy (non-hydrogen) atoms. The molecule has 0 radical (unpaired) electrons. The molecule has 0 aliphatic carbocycles. The van der Waals surface area contributed by atoms with Crippen LogP contribution in [0.25, 0.3) is 0 Å². The predicted octanol–water partition coefficient (Wildman–Crippen LogP) is 3.32. The summed E-state index contributed by atoms with van der Waals surface area (Å²) >= 11 is 0. The number of unbranched alkanes of at least 4 members (excludes halogenated alkanes) is 1. The molecule has 0 heterocycles. The fourth-order valence-corrected chi connectivity index (χ4v) is 1.58. The van der Waals surface area contributed by atoms with Crippen molar-refractivity contribution in [3.8, 4) is 5.75 Å². The summed E-state index contributed by atoms with van der Waals surface area (Å²) in [5.41, 5.74) is 0.864. The molecule has 0 bridgehead atoms. The van der Waals surface area contributed by atoms with Crippen molar-refractivity contribution in [2.45, 2.75) is 45.8 Å². The Morgan fingerprint density at radius 2 is 1.83 bits per heavy atom. The van der Waals surface area contributed by atoms with Crippen molar-refractivity contribution in [1.82, 2.24) is 0 Å². The van der Waals surface area contributed by atoms with E-state index in [4.69, 9.17) is 9.47 Å². The monoisotopic (exact) mass is 252 g/mol. The molecule has 1 unspecified atom stereocenters. The molecule has 0 fully saturated rings. The molecule has 102 valence electrons. The van der Waals surface area contributed by atoms with E-state index >= 15 is 0 Å². The lowest BCUT2D eigenvalue weighted by Crippen LogP contribution is -2.09. The van der Waals surface area contributed by atoms with Crippen LogP contribution in [0.15, 0.2) is 24.3 Å². The summed E-state index contributed by atoms with van der Waals surface area (Å²) < 4.78 is 11.0. The lowest BCUT2D eigenvalue weighted by atomic mass is 10.1. The predicted molar refractivity (Wildman–Crippen MR) is 72.9 cm³/mol. The van der Waals surface area contributed by atoms with Gasteiger partial charge < -0.3 is 14.6 Å². The standard InChI is InChI=1S/C15H24O3/c1-4-5-10-17-11-15(16)13-6-8-14(9-7-13)18-12(2)3/h6-9,12,15-16H,4-5,10-11H2,1-3H3. The molecule has 0 aromatic heterocycles. The Balaban J connectivity index is 2.41. The normalized spacial score (nSPS) is 12.7. The van der Waals surface area contributed by atoms with Gasteiger partial charge >= 0.3 is 0 Å². The first-order chi connectivity index (χ1) is 8.63. The van der Waals surface area contributed by atoms with Crippen molar-refractivity contribution in [2.75, 3.05) is 13.2 Å². The molecule has 0 saturated heterocycles. The van der Waals surface area contributed by atoms with Crippen molar-refractivity contribution < 1.29 is 14.6 Å². The first-order valence-corrected chi connectivity index (χ1v) is 6.66. The largest absolute Gasteiger partial charge is 0.491 e. The van der Waals surface area contributed by atoms with E-state index in [-0.39, 0.29) is 6.10 Å². The van der Waals surface area contributed by atoms with E-state index in [1.54, 1.807) is 0 Å². The SMILES string of the molecule is CCCCOCC(O)c1ccc(OC(C)C)cc1. The zero-order chi connectivity index (χ0) is 13.4. The van der Waals surface area contributed by atoms with Gasteiger partial charge in [0, 0.05) is 6.61 Å². The second-order valence-electron chi connectivity index (χ2n) is 4.68. The average molecular weight is 252 g/mol. The molecule has 0 saturated carbocycles. The molecule has 3 heteroatoms. The summed E-state index contributed by atoms with van der Waals surface area (Å²) in [4.78, 5) is 0. The fraction of sp³-hybridized carbons (Fsp3) is 0.600. The smallest absolute Gasteiger partial charge is 0.119 e. The maximum Gasteiger partial charge on any atom is 0.119 e. The van der Waals surface area contributed by atoms with Crippen LogP contribution < -0.4 is 4.74 Å². The Bertz CT molecular complexity index is 319. The highest BCUT2D eigenvalue weighted by atomic mass is 16.5. The molecule has 0 spiro atoms. The minimum Gasteiger partial charge on any atom is -0.491 e. The van der Waals surface area contributed by atoms with E-state index in [0.717, 1.165) is 24.2 Å². The van der Waals surface area contributed by atoms with Crippen LogP contribution in [-0.4, -0.2) is 24.4 Å². The highest BCUT2D eigenvalue weighted by molar-refractivity contribution is 5.28. The second-order valence-corrected chi connectivity index (χ2v) is 4.68. The first-order valence-electron chi connectivity index (χ1n) is 6.66. The quantitative estimate of drug-likeness (QED) is 0.721. The molecule has 1 atom stereocenters. The second kappa shape index (κ2) is 8.11. The van der Waals surface area contributed by atoms with Crippen LogP contribution in [0.1, 0.15) is 45.3 Å². The first kappa shape index (κ1) is 15.0. The van der Waals surface area contributed by atoms with Gasteiger partial charge in [0.1, 0.15) is 11.9 Å². The van der Waals surface area contributed by atoms with Crippen LogP contribution in [0, 0.1) is 0 Å². The minimum atomic E-state index is -0.560. The summed E-state index contributed by atoms with van der Waals surface area (Å²) in [5.74, 6) is 0.827.